The number of aryl methyl sites for hydroxylation is 1. The molecule has 0 bridgehead atoms. The topological polar surface area (TPSA) is 120 Å². The summed E-state index contributed by atoms with van der Waals surface area (Å²) in [4.78, 5) is 39.0. The van der Waals surface area contributed by atoms with Gasteiger partial charge in [-0.2, -0.15) is 0 Å². The summed E-state index contributed by atoms with van der Waals surface area (Å²) in [6, 6.07) is -0.504. The summed E-state index contributed by atoms with van der Waals surface area (Å²) in [5.74, 6) is -0.899. The van der Waals surface area contributed by atoms with Gasteiger partial charge in [0.15, 0.2) is 0 Å². The zero-order chi connectivity index (χ0) is 18.1. The van der Waals surface area contributed by atoms with Crippen LogP contribution in [0.4, 0.5) is 4.79 Å². The number of carbonyl (C=O) groups excluding carboxylic acids is 1. The van der Waals surface area contributed by atoms with Crippen LogP contribution < -0.4 is 11.2 Å². The molecule has 11 heteroatoms. The molecule has 1 aromatic rings. The summed E-state index contributed by atoms with van der Waals surface area (Å²) in [5, 5.41) is 0. The van der Waals surface area contributed by atoms with Gasteiger partial charge in [0.25, 0.3) is 5.56 Å². The molecule has 1 saturated heterocycles. The van der Waals surface area contributed by atoms with Gasteiger partial charge < -0.3 is 13.8 Å². The Kier molecular flexibility index (Phi) is 5.32. The van der Waals surface area contributed by atoms with Crippen LogP contribution in [0.1, 0.15) is 18.0 Å². The Morgan fingerprint density at radius 1 is 1.29 bits per heavy atom. The fraction of sp³-hybridized carbons (Fsp3) is 0.615. The molecule has 1 aliphatic heterocycles. The van der Waals surface area contributed by atoms with Gasteiger partial charge >= 0.3 is 19.4 Å². The van der Waals surface area contributed by atoms with Crippen molar-refractivity contribution in [1.29, 1.82) is 0 Å². The molecular formula is C13H20N3O7P. The van der Waals surface area contributed by atoms with E-state index in [1.807, 2.05) is 0 Å². The Hall–Kier alpha value is -1.90. The third kappa shape index (κ3) is 3.17. The molecule has 2 rings (SSSR count). The van der Waals surface area contributed by atoms with Crippen LogP contribution in [0.3, 0.4) is 0 Å². The lowest BCUT2D eigenvalue weighted by atomic mass is 10.2. The van der Waals surface area contributed by atoms with Gasteiger partial charge in [0.1, 0.15) is 5.78 Å². The molecule has 1 amide bonds. The van der Waals surface area contributed by atoms with Crippen LogP contribution in [0.15, 0.2) is 15.8 Å². The van der Waals surface area contributed by atoms with Gasteiger partial charge in [0.05, 0.1) is 13.2 Å². The summed E-state index contributed by atoms with van der Waals surface area (Å²) in [6.07, 6.45) is 0.860. The number of hydrogen-bond acceptors (Lipinski definition) is 7. The van der Waals surface area contributed by atoms with Crippen LogP contribution in [-0.4, -0.2) is 54.2 Å². The van der Waals surface area contributed by atoms with Crippen molar-refractivity contribution in [3.8, 4) is 0 Å². The lowest BCUT2D eigenvalue weighted by Crippen LogP contribution is -2.37. The second-order valence-electron chi connectivity index (χ2n) is 5.38. The molecule has 2 atom stereocenters. The number of rotatable bonds is 4. The van der Waals surface area contributed by atoms with E-state index in [9.17, 15) is 18.9 Å². The number of aromatic amines is 1. The van der Waals surface area contributed by atoms with E-state index in [4.69, 9.17) is 13.8 Å². The van der Waals surface area contributed by atoms with Gasteiger partial charge in [-0.1, -0.05) is 0 Å². The fourth-order valence-corrected chi connectivity index (χ4v) is 4.45. The maximum absolute atomic E-state index is 12.7. The monoisotopic (exact) mass is 361 g/mol. The van der Waals surface area contributed by atoms with Crippen molar-refractivity contribution in [3.63, 3.8) is 0 Å². The van der Waals surface area contributed by atoms with E-state index >= 15 is 0 Å². The Morgan fingerprint density at radius 3 is 2.46 bits per heavy atom. The number of H-pyrrole nitrogens is 1. The first-order chi connectivity index (χ1) is 11.3. The third-order valence-electron chi connectivity index (χ3n) is 4.07. The highest BCUT2D eigenvalue weighted by Crippen LogP contribution is 2.57. The summed E-state index contributed by atoms with van der Waals surface area (Å²) in [6.45, 7) is 1.63. The number of likely N-dealkylation sites (tertiary alicyclic amines) is 1. The number of carbonyl (C=O) groups is 1. The minimum absolute atomic E-state index is 0.0689. The summed E-state index contributed by atoms with van der Waals surface area (Å²) in [7, 11) is 0.0446. The van der Waals surface area contributed by atoms with Crippen molar-refractivity contribution < 1.29 is 23.1 Å². The van der Waals surface area contributed by atoms with Gasteiger partial charge in [0.2, 0.25) is 0 Å². The first kappa shape index (κ1) is 18.4. The highest BCUT2D eigenvalue weighted by molar-refractivity contribution is 7.54. The summed E-state index contributed by atoms with van der Waals surface area (Å²) >= 11 is 0. The number of nitrogens with zero attached hydrogens (tertiary/aromatic N) is 2. The lowest BCUT2D eigenvalue weighted by Gasteiger charge is -2.27. The molecule has 0 unspecified atom stereocenters. The second kappa shape index (κ2) is 6.92. The molecule has 10 nitrogen and oxygen atoms in total. The van der Waals surface area contributed by atoms with Gasteiger partial charge in [-0.25, -0.2) is 9.59 Å². The van der Waals surface area contributed by atoms with Gasteiger partial charge in [-0.15, -0.1) is 0 Å². The van der Waals surface area contributed by atoms with Crippen molar-refractivity contribution in [3.05, 3.63) is 32.6 Å². The molecule has 134 valence electrons. The maximum Gasteiger partial charge on any atom is 0.410 e. The molecule has 1 aromatic heterocycles. The highest BCUT2D eigenvalue weighted by Gasteiger charge is 2.48. The first-order valence-electron chi connectivity index (χ1n) is 7.15. The van der Waals surface area contributed by atoms with E-state index in [-0.39, 0.29) is 13.0 Å². The standard InChI is InChI=1S/C13H20N3O7P/c1-8-6-15(12(18)14-11(8)17)9-5-10(24(20,22-3)23-4)16(7-9)13(19)21-2/h6,9-10H,5,7H2,1-4H3,(H,14,17,18)/t9-,10-/m0/s1. The van der Waals surface area contributed by atoms with Crippen LogP contribution in [0.2, 0.25) is 0 Å². The molecular weight excluding hydrogens is 341 g/mol. The zero-order valence-corrected chi connectivity index (χ0v) is 14.7. The van der Waals surface area contributed by atoms with Crippen LogP contribution in [0.5, 0.6) is 0 Å². The van der Waals surface area contributed by atoms with Crippen LogP contribution >= 0.6 is 7.60 Å². The Balaban J connectivity index is 2.45. The smallest absolute Gasteiger partial charge is 0.410 e. The van der Waals surface area contributed by atoms with E-state index in [0.717, 1.165) is 0 Å². The number of aromatic nitrogens is 2. The van der Waals surface area contributed by atoms with E-state index < -0.39 is 36.8 Å². The molecule has 1 N–H and O–H groups in total. The highest BCUT2D eigenvalue weighted by atomic mass is 31.2. The van der Waals surface area contributed by atoms with Crippen molar-refractivity contribution in [2.45, 2.75) is 25.2 Å². The molecule has 0 aromatic carbocycles. The number of nitrogens with one attached hydrogen (secondary N) is 1. The number of methoxy groups -OCH3 is 1. The normalized spacial score (nSPS) is 21.1. The molecule has 0 saturated carbocycles. The van der Waals surface area contributed by atoms with E-state index in [2.05, 4.69) is 4.98 Å². The second-order valence-corrected chi connectivity index (χ2v) is 7.78. The van der Waals surface area contributed by atoms with E-state index in [1.165, 1.54) is 37.0 Å². The first-order valence-corrected chi connectivity index (χ1v) is 8.76. The minimum Gasteiger partial charge on any atom is -0.453 e. The van der Waals surface area contributed by atoms with Gasteiger partial charge in [-0.3, -0.25) is 23.8 Å². The quantitative estimate of drug-likeness (QED) is 0.783. The molecule has 24 heavy (non-hydrogen) atoms. The third-order valence-corrected chi connectivity index (χ3v) is 6.31. The molecule has 1 fully saturated rings. The van der Waals surface area contributed by atoms with Crippen molar-refractivity contribution >= 4 is 13.7 Å². The summed E-state index contributed by atoms with van der Waals surface area (Å²) in [5.41, 5.74) is -0.731. The minimum atomic E-state index is -3.61. The van der Waals surface area contributed by atoms with Crippen LogP contribution in [-0.2, 0) is 18.3 Å². The fourth-order valence-electron chi connectivity index (χ4n) is 2.78. The van der Waals surface area contributed by atoms with Crippen molar-refractivity contribution in [2.75, 3.05) is 27.9 Å². The zero-order valence-electron chi connectivity index (χ0n) is 13.8. The van der Waals surface area contributed by atoms with Crippen LogP contribution in [0, 0.1) is 6.92 Å². The molecule has 0 aliphatic carbocycles. The largest absolute Gasteiger partial charge is 0.453 e. The average molecular weight is 361 g/mol. The van der Waals surface area contributed by atoms with Crippen molar-refractivity contribution in [2.24, 2.45) is 0 Å². The number of hydrogen-bond donors (Lipinski definition) is 1. The molecule has 0 spiro atoms. The maximum atomic E-state index is 12.7. The van der Waals surface area contributed by atoms with Gasteiger partial charge in [-0.05, 0) is 6.92 Å². The predicted octanol–water partition coefficient (Wildman–Crippen LogP) is 0.670. The Labute approximate surface area is 137 Å². The van der Waals surface area contributed by atoms with Gasteiger partial charge in [0, 0.05) is 38.9 Å². The van der Waals surface area contributed by atoms with E-state index in [1.54, 1.807) is 6.92 Å². The number of ether oxygens (including phenoxy) is 1. The Morgan fingerprint density at radius 2 is 1.92 bits per heavy atom. The molecule has 0 radical (unpaired) electrons. The molecule has 1 aliphatic rings. The SMILES string of the molecule is COC(=O)N1C[C@@H](n2cc(C)c(=O)[nH]c2=O)C[C@@H]1P(=O)(OC)OC. The Bertz CT molecular complexity index is 779. The van der Waals surface area contributed by atoms with Crippen molar-refractivity contribution in [1.82, 2.24) is 14.5 Å². The van der Waals surface area contributed by atoms with E-state index in [0.29, 0.717) is 5.56 Å². The lowest BCUT2D eigenvalue weighted by molar-refractivity contribution is 0.121. The van der Waals surface area contributed by atoms with Crippen LogP contribution in [0.25, 0.3) is 0 Å². The summed E-state index contributed by atoms with van der Waals surface area (Å²) < 4.78 is 28.7. The molecule has 2 heterocycles. The average Bonchev–Trinajstić information content (AvgIpc) is 3.02. The number of amides is 1. The predicted molar refractivity (Wildman–Crippen MR) is 84.2 cm³/mol.